The number of benzene rings is 1. The summed E-state index contributed by atoms with van der Waals surface area (Å²) in [6, 6.07) is 7.76. The molecule has 2 rings (SSSR count). The third-order valence-electron chi connectivity index (χ3n) is 3.01. The molecule has 0 aliphatic heterocycles. The van der Waals surface area contributed by atoms with Crippen molar-refractivity contribution in [1.29, 1.82) is 0 Å². The number of aryl methyl sites for hydroxylation is 1. The number of aliphatic carboxylic acids is 1. The highest BCUT2D eigenvalue weighted by molar-refractivity contribution is 5.85. The van der Waals surface area contributed by atoms with E-state index in [9.17, 15) is 4.79 Å². The van der Waals surface area contributed by atoms with Crippen molar-refractivity contribution in [3.8, 4) is 0 Å². The number of hydrogen-bond donors (Lipinski definition) is 2. The van der Waals surface area contributed by atoms with Gasteiger partial charge in [0.05, 0.1) is 5.41 Å². The lowest BCUT2D eigenvalue weighted by molar-refractivity contribution is -0.142. The lowest BCUT2D eigenvalue weighted by Crippen LogP contribution is -2.28. The highest BCUT2D eigenvalue weighted by Gasteiger charge is 2.29. The number of H-pyrrole nitrogens is 1. The zero-order chi connectivity index (χ0) is 11.9. The second-order valence-electron chi connectivity index (χ2n) is 4.68. The van der Waals surface area contributed by atoms with Crippen molar-refractivity contribution >= 4 is 16.9 Å². The fourth-order valence-electron chi connectivity index (χ4n) is 1.79. The average Bonchev–Trinajstić information content (AvgIpc) is 2.56. The highest BCUT2D eigenvalue weighted by Crippen LogP contribution is 2.27. The topological polar surface area (TPSA) is 53.1 Å². The maximum Gasteiger partial charge on any atom is 0.313 e. The Labute approximate surface area is 94.1 Å². The van der Waals surface area contributed by atoms with Gasteiger partial charge in [-0.3, -0.25) is 4.79 Å². The van der Waals surface area contributed by atoms with E-state index in [0.717, 1.165) is 22.2 Å². The molecule has 1 heterocycles. The lowest BCUT2D eigenvalue weighted by Gasteiger charge is -2.19. The predicted octanol–water partition coefficient (Wildman–Crippen LogP) is 2.84. The number of carboxylic acids is 1. The van der Waals surface area contributed by atoms with Gasteiger partial charge in [0.15, 0.2) is 0 Å². The SMILES string of the molecule is Cc1cc2cc(C(C)(C)C(=O)O)ccc2[nH]1. The first-order valence-electron chi connectivity index (χ1n) is 5.24. The van der Waals surface area contributed by atoms with Gasteiger partial charge in [0.1, 0.15) is 0 Å². The van der Waals surface area contributed by atoms with Crippen molar-refractivity contribution in [2.24, 2.45) is 0 Å². The molecule has 0 spiro atoms. The van der Waals surface area contributed by atoms with Crippen LogP contribution in [0.1, 0.15) is 25.1 Å². The van der Waals surface area contributed by atoms with Crippen LogP contribution in [0.15, 0.2) is 24.3 Å². The van der Waals surface area contributed by atoms with Crippen LogP contribution in [0, 0.1) is 6.92 Å². The molecule has 0 amide bonds. The molecule has 0 saturated carbocycles. The van der Waals surface area contributed by atoms with Gasteiger partial charge < -0.3 is 10.1 Å². The van der Waals surface area contributed by atoms with E-state index < -0.39 is 11.4 Å². The van der Waals surface area contributed by atoms with Crippen molar-refractivity contribution in [3.05, 3.63) is 35.5 Å². The van der Waals surface area contributed by atoms with Crippen LogP contribution in [0.2, 0.25) is 0 Å². The van der Waals surface area contributed by atoms with Crippen LogP contribution < -0.4 is 0 Å². The van der Waals surface area contributed by atoms with Gasteiger partial charge in [-0.1, -0.05) is 6.07 Å². The van der Waals surface area contributed by atoms with Gasteiger partial charge in [0.2, 0.25) is 0 Å². The summed E-state index contributed by atoms with van der Waals surface area (Å²) in [4.78, 5) is 14.4. The van der Waals surface area contributed by atoms with Gasteiger partial charge >= 0.3 is 5.97 Å². The summed E-state index contributed by atoms with van der Waals surface area (Å²) in [6.07, 6.45) is 0. The molecule has 1 aromatic carbocycles. The number of carboxylic acid groups (broad SMARTS) is 1. The molecule has 3 heteroatoms. The zero-order valence-corrected chi connectivity index (χ0v) is 9.66. The fourth-order valence-corrected chi connectivity index (χ4v) is 1.79. The number of aromatic nitrogens is 1. The van der Waals surface area contributed by atoms with E-state index in [-0.39, 0.29) is 0 Å². The fraction of sp³-hybridized carbons (Fsp3) is 0.308. The van der Waals surface area contributed by atoms with E-state index in [1.165, 1.54) is 0 Å². The number of hydrogen-bond acceptors (Lipinski definition) is 1. The second-order valence-corrected chi connectivity index (χ2v) is 4.68. The Morgan fingerprint density at radius 2 is 2.00 bits per heavy atom. The number of rotatable bonds is 2. The van der Waals surface area contributed by atoms with Crippen LogP contribution in [0.4, 0.5) is 0 Å². The Morgan fingerprint density at radius 1 is 1.31 bits per heavy atom. The normalized spacial score (nSPS) is 11.9. The van der Waals surface area contributed by atoms with Crippen LogP contribution in [-0.4, -0.2) is 16.1 Å². The largest absolute Gasteiger partial charge is 0.481 e. The standard InChI is InChI=1S/C13H15NO2/c1-8-6-9-7-10(4-5-11(9)14-8)13(2,3)12(15)16/h4-7,14H,1-3H3,(H,15,16). The van der Waals surface area contributed by atoms with E-state index >= 15 is 0 Å². The molecule has 0 aliphatic carbocycles. The third kappa shape index (κ3) is 1.58. The molecule has 0 saturated heterocycles. The summed E-state index contributed by atoms with van der Waals surface area (Å²) in [6.45, 7) is 5.42. The van der Waals surface area contributed by atoms with Gasteiger partial charge in [-0.2, -0.15) is 0 Å². The molecule has 16 heavy (non-hydrogen) atoms. The number of aromatic amines is 1. The molecule has 0 fully saturated rings. The van der Waals surface area contributed by atoms with Gasteiger partial charge in [-0.15, -0.1) is 0 Å². The Bertz CT molecular complexity index is 552. The van der Waals surface area contributed by atoms with Crippen molar-refractivity contribution in [2.75, 3.05) is 0 Å². The molecular weight excluding hydrogens is 202 g/mol. The molecule has 0 radical (unpaired) electrons. The number of fused-ring (bicyclic) bond motifs is 1. The van der Waals surface area contributed by atoms with Gasteiger partial charge in [-0.05, 0) is 49.9 Å². The Morgan fingerprint density at radius 3 is 2.62 bits per heavy atom. The van der Waals surface area contributed by atoms with Crippen LogP contribution >= 0.6 is 0 Å². The Balaban J connectivity index is 2.58. The highest BCUT2D eigenvalue weighted by atomic mass is 16.4. The maximum atomic E-state index is 11.2. The lowest BCUT2D eigenvalue weighted by atomic mass is 9.84. The molecule has 0 bridgehead atoms. The van der Waals surface area contributed by atoms with E-state index in [2.05, 4.69) is 4.98 Å². The maximum absolute atomic E-state index is 11.2. The minimum Gasteiger partial charge on any atom is -0.481 e. The molecule has 2 N–H and O–H groups in total. The summed E-state index contributed by atoms with van der Waals surface area (Å²) in [5.41, 5.74) is 2.11. The zero-order valence-electron chi connectivity index (χ0n) is 9.66. The van der Waals surface area contributed by atoms with Crippen molar-refractivity contribution in [2.45, 2.75) is 26.2 Å². The molecule has 2 aromatic rings. The minimum atomic E-state index is -0.848. The third-order valence-corrected chi connectivity index (χ3v) is 3.01. The van der Waals surface area contributed by atoms with Gasteiger partial charge in [0.25, 0.3) is 0 Å². The van der Waals surface area contributed by atoms with E-state index in [1.54, 1.807) is 13.8 Å². The quantitative estimate of drug-likeness (QED) is 0.812. The van der Waals surface area contributed by atoms with Crippen LogP contribution in [-0.2, 0) is 10.2 Å². The monoisotopic (exact) mass is 217 g/mol. The van der Waals surface area contributed by atoms with Crippen LogP contribution in [0.5, 0.6) is 0 Å². The molecule has 1 aromatic heterocycles. The molecule has 0 atom stereocenters. The van der Waals surface area contributed by atoms with Gasteiger partial charge in [0, 0.05) is 11.2 Å². The molecule has 0 unspecified atom stereocenters. The van der Waals surface area contributed by atoms with Crippen LogP contribution in [0.3, 0.4) is 0 Å². The number of nitrogens with one attached hydrogen (secondary N) is 1. The molecule has 0 aliphatic rings. The molecular formula is C13H15NO2. The smallest absolute Gasteiger partial charge is 0.313 e. The van der Waals surface area contributed by atoms with Crippen molar-refractivity contribution in [1.82, 2.24) is 4.98 Å². The average molecular weight is 217 g/mol. The van der Waals surface area contributed by atoms with Crippen molar-refractivity contribution in [3.63, 3.8) is 0 Å². The Kier molecular flexibility index (Phi) is 2.26. The molecule has 3 nitrogen and oxygen atoms in total. The van der Waals surface area contributed by atoms with E-state index in [1.807, 2.05) is 31.2 Å². The summed E-state index contributed by atoms with van der Waals surface area (Å²) in [5.74, 6) is -0.806. The van der Waals surface area contributed by atoms with E-state index in [0.29, 0.717) is 0 Å². The summed E-state index contributed by atoms with van der Waals surface area (Å²) in [7, 11) is 0. The first-order chi connectivity index (χ1) is 7.41. The first-order valence-corrected chi connectivity index (χ1v) is 5.24. The minimum absolute atomic E-state index is 0.806. The first kappa shape index (κ1) is 10.7. The van der Waals surface area contributed by atoms with E-state index in [4.69, 9.17) is 5.11 Å². The summed E-state index contributed by atoms with van der Waals surface area (Å²) >= 11 is 0. The summed E-state index contributed by atoms with van der Waals surface area (Å²) in [5, 5.41) is 10.2. The predicted molar refractivity (Wildman–Crippen MR) is 63.7 cm³/mol. The van der Waals surface area contributed by atoms with Crippen LogP contribution in [0.25, 0.3) is 10.9 Å². The molecule has 84 valence electrons. The van der Waals surface area contributed by atoms with Gasteiger partial charge in [-0.25, -0.2) is 0 Å². The Hall–Kier alpha value is -1.77. The second kappa shape index (κ2) is 3.37. The summed E-state index contributed by atoms with van der Waals surface area (Å²) < 4.78 is 0. The van der Waals surface area contributed by atoms with Crippen molar-refractivity contribution < 1.29 is 9.90 Å². The number of carbonyl (C=O) groups is 1.